The van der Waals surface area contributed by atoms with Gasteiger partial charge >= 0.3 is 5.97 Å². The quantitative estimate of drug-likeness (QED) is 0.791. The maximum atomic E-state index is 12.1. The zero-order chi connectivity index (χ0) is 14.5. The molecule has 0 spiro atoms. The zero-order valence-corrected chi connectivity index (χ0v) is 12.9. The van der Waals surface area contributed by atoms with Crippen LogP contribution in [0.15, 0.2) is 33.6 Å². The summed E-state index contributed by atoms with van der Waals surface area (Å²) >= 11 is 3.20. The number of hydrogen-bond donors (Lipinski definition) is 2. The molecule has 1 aromatic carbocycles. The van der Waals surface area contributed by atoms with Crippen LogP contribution in [0.4, 0.5) is 0 Å². The van der Waals surface area contributed by atoms with E-state index in [1.165, 1.54) is 6.07 Å². The van der Waals surface area contributed by atoms with Crippen molar-refractivity contribution in [2.24, 2.45) is 0 Å². The maximum Gasteiger partial charge on any atom is 0.303 e. The van der Waals surface area contributed by atoms with Gasteiger partial charge in [-0.2, -0.15) is 0 Å². The first-order valence-corrected chi connectivity index (χ1v) is 8.09. The third kappa shape index (κ3) is 5.30. The molecule has 0 saturated heterocycles. The molecule has 106 valence electrons. The number of aliphatic carboxylic acids is 1. The van der Waals surface area contributed by atoms with Crippen LogP contribution in [0, 0.1) is 0 Å². The second-order valence-electron chi connectivity index (χ2n) is 4.24. The Kier molecular flexibility index (Phi) is 5.96. The molecule has 0 amide bonds. The highest BCUT2D eigenvalue weighted by molar-refractivity contribution is 9.10. The van der Waals surface area contributed by atoms with Gasteiger partial charge < -0.3 is 5.11 Å². The van der Waals surface area contributed by atoms with Crippen LogP contribution in [-0.2, 0) is 14.8 Å². The Morgan fingerprint density at radius 1 is 1.42 bits per heavy atom. The number of nitrogens with one attached hydrogen (secondary N) is 1. The Balaban J connectivity index is 2.65. The molecule has 0 radical (unpaired) electrons. The lowest BCUT2D eigenvalue weighted by atomic mass is 10.1. The fraction of sp³-hybridized carbons (Fsp3) is 0.417. The summed E-state index contributed by atoms with van der Waals surface area (Å²) in [5, 5.41) is 8.53. The van der Waals surface area contributed by atoms with Gasteiger partial charge in [-0.05, 0) is 47.8 Å². The molecule has 1 aromatic rings. The Labute approximate surface area is 121 Å². The van der Waals surface area contributed by atoms with Crippen LogP contribution < -0.4 is 4.72 Å². The molecule has 0 aliphatic rings. The van der Waals surface area contributed by atoms with Crippen LogP contribution in [0.2, 0.25) is 0 Å². The summed E-state index contributed by atoms with van der Waals surface area (Å²) in [5.41, 5.74) is 0. The first-order valence-electron chi connectivity index (χ1n) is 5.81. The van der Waals surface area contributed by atoms with E-state index in [-0.39, 0.29) is 17.4 Å². The minimum atomic E-state index is -3.59. The lowest BCUT2D eigenvalue weighted by Gasteiger charge is -2.14. The monoisotopic (exact) mass is 349 g/mol. The Morgan fingerprint density at radius 2 is 2.05 bits per heavy atom. The van der Waals surface area contributed by atoms with E-state index in [1.807, 2.05) is 0 Å². The average molecular weight is 350 g/mol. The number of hydrogen-bond acceptors (Lipinski definition) is 3. The van der Waals surface area contributed by atoms with Crippen LogP contribution in [0.1, 0.15) is 26.2 Å². The van der Waals surface area contributed by atoms with E-state index in [4.69, 9.17) is 5.11 Å². The molecule has 1 rings (SSSR count). The van der Waals surface area contributed by atoms with Crippen LogP contribution in [0.3, 0.4) is 0 Å². The van der Waals surface area contributed by atoms with E-state index in [1.54, 1.807) is 25.1 Å². The highest BCUT2D eigenvalue weighted by Crippen LogP contribution is 2.21. The van der Waals surface area contributed by atoms with Gasteiger partial charge in [-0.25, -0.2) is 13.1 Å². The zero-order valence-electron chi connectivity index (χ0n) is 10.5. The minimum absolute atomic E-state index is 0.0428. The molecule has 1 unspecified atom stereocenters. The molecule has 19 heavy (non-hydrogen) atoms. The van der Waals surface area contributed by atoms with Gasteiger partial charge in [0.25, 0.3) is 0 Å². The maximum absolute atomic E-state index is 12.1. The van der Waals surface area contributed by atoms with Crippen LogP contribution in [0.25, 0.3) is 0 Å². The summed E-state index contributed by atoms with van der Waals surface area (Å²) in [6, 6.07) is 6.24. The third-order valence-corrected chi connectivity index (χ3v) is 5.11. The predicted molar refractivity (Wildman–Crippen MR) is 75.4 cm³/mol. The third-order valence-electron chi connectivity index (χ3n) is 2.51. The number of sulfonamides is 1. The number of carboxylic acids is 1. The molecule has 0 aliphatic heterocycles. The number of benzene rings is 1. The van der Waals surface area contributed by atoms with Crippen LogP contribution in [-0.4, -0.2) is 25.5 Å². The summed E-state index contributed by atoms with van der Waals surface area (Å²) in [5.74, 6) is -0.874. The van der Waals surface area contributed by atoms with Gasteiger partial charge in [-0.15, -0.1) is 0 Å². The van der Waals surface area contributed by atoms with Crippen LogP contribution >= 0.6 is 15.9 Å². The van der Waals surface area contributed by atoms with E-state index < -0.39 is 16.0 Å². The molecule has 0 fully saturated rings. The first-order chi connectivity index (χ1) is 8.83. The van der Waals surface area contributed by atoms with Crippen LogP contribution in [0.5, 0.6) is 0 Å². The van der Waals surface area contributed by atoms with Gasteiger partial charge in [0.05, 0.1) is 4.90 Å². The van der Waals surface area contributed by atoms with Crippen molar-refractivity contribution < 1.29 is 18.3 Å². The highest BCUT2D eigenvalue weighted by atomic mass is 79.9. The van der Waals surface area contributed by atoms with Crippen molar-refractivity contribution in [3.05, 3.63) is 28.7 Å². The fourth-order valence-corrected chi connectivity index (χ4v) is 3.89. The smallest absolute Gasteiger partial charge is 0.303 e. The average Bonchev–Trinajstić information content (AvgIpc) is 2.27. The van der Waals surface area contributed by atoms with Gasteiger partial charge in [0.2, 0.25) is 10.0 Å². The molecule has 1 atom stereocenters. The molecule has 0 aliphatic carbocycles. The first kappa shape index (κ1) is 16.1. The van der Waals surface area contributed by atoms with Crippen molar-refractivity contribution in [3.8, 4) is 0 Å². The Hall–Kier alpha value is -0.920. The van der Waals surface area contributed by atoms with E-state index >= 15 is 0 Å². The highest BCUT2D eigenvalue weighted by Gasteiger charge is 2.19. The summed E-state index contributed by atoms with van der Waals surface area (Å²) < 4.78 is 27.2. The van der Waals surface area contributed by atoms with Gasteiger partial charge in [-0.3, -0.25) is 4.79 Å². The lowest BCUT2D eigenvalue weighted by molar-refractivity contribution is -0.137. The Bertz CT molecular complexity index is 544. The summed E-state index contributed by atoms with van der Waals surface area (Å²) in [7, 11) is -3.59. The number of carbonyl (C=O) groups is 1. The van der Waals surface area contributed by atoms with Crippen molar-refractivity contribution >= 4 is 31.9 Å². The van der Waals surface area contributed by atoms with Gasteiger partial charge in [-0.1, -0.05) is 12.1 Å². The second-order valence-corrected chi connectivity index (χ2v) is 6.78. The minimum Gasteiger partial charge on any atom is -0.481 e. The van der Waals surface area contributed by atoms with E-state index in [0.29, 0.717) is 17.3 Å². The van der Waals surface area contributed by atoms with E-state index in [0.717, 1.165) is 0 Å². The van der Waals surface area contributed by atoms with Gasteiger partial charge in [0.15, 0.2) is 0 Å². The summed E-state index contributed by atoms with van der Waals surface area (Å²) in [6.07, 6.45) is 0.964. The van der Waals surface area contributed by atoms with E-state index in [9.17, 15) is 13.2 Å². The molecule has 7 heteroatoms. The molecule has 5 nitrogen and oxygen atoms in total. The Morgan fingerprint density at radius 3 is 2.63 bits per heavy atom. The summed E-state index contributed by atoms with van der Waals surface area (Å²) in [6.45, 7) is 1.72. The van der Waals surface area contributed by atoms with Crippen molar-refractivity contribution in [1.82, 2.24) is 4.72 Å². The van der Waals surface area contributed by atoms with Crippen molar-refractivity contribution in [3.63, 3.8) is 0 Å². The second kappa shape index (κ2) is 7.02. The molecular formula is C12H16BrNO4S. The van der Waals surface area contributed by atoms with E-state index in [2.05, 4.69) is 20.7 Å². The molecule has 2 N–H and O–H groups in total. The van der Waals surface area contributed by atoms with Crippen molar-refractivity contribution in [2.45, 2.75) is 37.1 Å². The fourth-order valence-electron chi connectivity index (χ4n) is 1.61. The standard InChI is InChI=1S/C12H16BrNO4S/c1-9(5-4-8-12(15)16)14-19(17,18)11-7-3-2-6-10(11)13/h2-3,6-7,9,14H,4-5,8H2,1H3,(H,15,16). The molecule has 0 heterocycles. The largest absolute Gasteiger partial charge is 0.481 e. The molecule has 0 aromatic heterocycles. The predicted octanol–water partition coefficient (Wildman–Crippen LogP) is 2.37. The normalized spacial score (nSPS) is 13.2. The molecule has 0 saturated carbocycles. The van der Waals surface area contributed by atoms with Gasteiger partial charge in [0, 0.05) is 16.9 Å². The number of carboxylic acid groups (broad SMARTS) is 1. The van der Waals surface area contributed by atoms with Crippen molar-refractivity contribution in [2.75, 3.05) is 0 Å². The van der Waals surface area contributed by atoms with Crippen molar-refractivity contribution in [1.29, 1.82) is 0 Å². The number of halogens is 1. The number of rotatable bonds is 7. The lowest BCUT2D eigenvalue weighted by Crippen LogP contribution is -2.32. The topological polar surface area (TPSA) is 83.5 Å². The molecular weight excluding hydrogens is 334 g/mol. The molecule has 0 bridgehead atoms. The summed E-state index contributed by atoms with van der Waals surface area (Å²) in [4.78, 5) is 10.6. The van der Waals surface area contributed by atoms with Gasteiger partial charge in [0.1, 0.15) is 0 Å². The SMILES string of the molecule is CC(CCCC(=O)O)NS(=O)(=O)c1ccccc1Br.